The Labute approximate surface area is 102 Å². The van der Waals surface area contributed by atoms with Crippen LogP contribution in [0, 0.1) is 5.92 Å². The molecule has 17 heavy (non-hydrogen) atoms. The zero-order valence-electron chi connectivity index (χ0n) is 10.2. The zero-order valence-corrected chi connectivity index (χ0v) is 10.2. The van der Waals surface area contributed by atoms with E-state index in [2.05, 4.69) is 6.58 Å². The molecule has 0 aromatic heterocycles. The number of carbonyl (C=O) groups is 1. The van der Waals surface area contributed by atoms with Gasteiger partial charge in [-0.25, -0.2) is 4.79 Å². The van der Waals surface area contributed by atoms with Crippen molar-refractivity contribution >= 4 is 11.8 Å². The molecular formula is C14H17NO2. The highest BCUT2D eigenvalue weighted by molar-refractivity contribution is 5.91. The first-order valence-electron chi connectivity index (χ1n) is 5.82. The molecule has 2 rings (SSSR count). The number of hydrogen-bond acceptors (Lipinski definition) is 2. The molecule has 0 radical (unpaired) electrons. The maximum absolute atomic E-state index is 11.9. The topological polar surface area (TPSA) is 29.5 Å². The first-order valence-corrected chi connectivity index (χ1v) is 5.82. The number of carbonyl (C=O) groups excluding carboxylic acids is 1. The van der Waals surface area contributed by atoms with Crippen LogP contribution in [0.1, 0.15) is 13.8 Å². The van der Waals surface area contributed by atoms with Crippen LogP contribution < -0.4 is 4.90 Å². The lowest BCUT2D eigenvalue weighted by molar-refractivity contribution is 0.108. The standard InChI is InChI=1S/C14H17NO2/c1-4-12-13(10(2)3)17-14(16)15(12)11-8-6-5-7-9-11/h4-10,12-13H,1H2,2-3H3/t12-,13-/m1/s1. The molecule has 2 atom stereocenters. The van der Waals surface area contributed by atoms with Gasteiger partial charge in [0.25, 0.3) is 0 Å². The van der Waals surface area contributed by atoms with Crippen LogP contribution in [0.25, 0.3) is 0 Å². The fourth-order valence-corrected chi connectivity index (χ4v) is 2.15. The van der Waals surface area contributed by atoms with Gasteiger partial charge in [-0.05, 0) is 18.1 Å². The smallest absolute Gasteiger partial charge is 0.415 e. The first-order chi connectivity index (χ1) is 8.15. The minimum atomic E-state index is -0.292. The highest BCUT2D eigenvalue weighted by atomic mass is 16.6. The van der Waals surface area contributed by atoms with Crippen molar-refractivity contribution in [1.82, 2.24) is 0 Å². The summed E-state index contributed by atoms with van der Waals surface area (Å²) in [6.45, 7) is 7.90. The molecule has 0 bridgehead atoms. The van der Waals surface area contributed by atoms with E-state index < -0.39 is 0 Å². The van der Waals surface area contributed by atoms with Gasteiger partial charge in [0.1, 0.15) is 6.10 Å². The molecule has 1 aromatic carbocycles. The number of cyclic esters (lactones) is 1. The van der Waals surface area contributed by atoms with Gasteiger partial charge in [0, 0.05) is 5.69 Å². The summed E-state index contributed by atoms with van der Waals surface area (Å²) in [7, 11) is 0. The van der Waals surface area contributed by atoms with Crippen LogP contribution in [0.4, 0.5) is 10.5 Å². The Morgan fingerprint density at radius 2 is 2.00 bits per heavy atom. The fourth-order valence-electron chi connectivity index (χ4n) is 2.15. The monoisotopic (exact) mass is 231 g/mol. The average Bonchev–Trinajstić information content (AvgIpc) is 2.67. The second-order valence-electron chi connectivity index (χ2n) is 4.52. The van der Waals surface area contributed by atoms with Gasteiger partial charge in [0.2, 0.25) is 0 Å². The largest absolute Gasteiger partial charge is 0.443 e. The van der Waals surface area contributed by atoms with Crippen molar-refractivity contribution in [2.24, 2.45) is 5.92 Å². The second kappa shape index (κ2) is 4.62. The number of amides is 1. The van der Waals surface area contributed by atoms with Gasteiger partial charge in [-0.3, -0.25) is 4.90 Å². The molecule has 0 N–H and O–H groups in total. The van der Waals surface area contributed by atoms with Crippen molar-refractivity contribution in [3.8, 4) is 0 Å². The molecule has 90 valence electrons. The van der Waals surface area contributed by atoms with Gasteiger partial charge in [-0.2, -0.15) is 0 Å². The van der Waals surface area contributed by atoms with Crippen LogP contribution >= 0.6 is 0 Å². The summed E-state index contributed by atoms with van der Waals surface area (Å²) in [5.74, 6) is 0.274. The van der Waals surface area contributed by atoms with E-state index >= 15 is 0 Å². The summed E-state index contributed by atoms with van der Waals surface area (Å²) < 4.78 is 5.41. The van der Waals surface area contributed by atoms with Crippen molar-refractivity contribution in [2.45, 2.75) is 26.0 Å². The number of hydrogen-bond donors (Lipinski definition) is 0. The lowest BCUT2D eigenvalue weighted by Gasteiger charge is -2.23. The van der Waals surface area contributed by atoms with Crippen LogP contribution in [0.3, 0.4) is 0 Å². The molecular weight excluding hydrogens is 214 g/mol. The van der Waals surface area contributed by atoms with Crippen molar-refractivity contribution < 1.29 is 9.53 Å². The summed E-state index contributed by atoms with van der Waals surface area (Å²) in [5.41, 5.74) is 0.852. The Morgan fingerprint density at radius 1 is 1.35 bits per heavy atom. The van der Waals surface area contributed by atoms with Gasteiger partial charge < -0.3 is 4.74 Å². The van der Waals surface area contributed by atoms with Gasteiger partial charge in [0.15, 0.2) is 0 Å². The highest BCUT2D eigenvalue weighted by Gasteiger charge is 2.42. The van der Waals surface area contributed by atoms with E-state index in [0.29, 0.717) is 0 Å². The Morgan fingerprint density at radius 3 is 2.53 bits per heavy atom. The Hall–Kier alpha value is -1.77. The van der Waals surface area contributed by atoms with E-state index in [0.717, 1.165) is 5.69 Å². The highest BCUT2D eigenvalue weighted by Crippen LogP contribution is 2.30. The molecule has 0 unspecified atom stereocenters. The van der Waals surface area contributed by atoms with E-state index in [-0.39, 0.29) is 24.2 Å². The summed E-state index contributed by atoms with van der Waals surface area (Å²) in [6.07, 6.45) is 1.36. The average molecular weight is 231 g/mol. The number of para-hydroxylation sites is 1. The van der Waals surface area contributed by atoms with Crippen molar-refractivity contribution in [1.29, 1.82) is 0 Å². The second-order valence-corrected chi connectivity index (χ2v) is 4.52. The van der Waals surface area contributed by atoms with E-state index in [1.165, 1.54) is 0 Å². The quantitative estimate of drug-likeness (QED) is 0.747. The predicted molar refractivity (Wildman–Crippen MR) is 68.0 cm³/mol. The van der Waals surface area contributed by atoms with Gasteiger partial charge in [0.05, 0.1) is 6.04 Å². The molecule has 1 aromatic rings. The molecule has 0 saturated carbocycles. The van der Waals surface area contributed by atoms with E-state index in [1.807, 2.05) is 44.2 Å². The van der Waals surface area contributed by atoms with Crippen molar-refractivity contribution in [3.05, 3.63) is 43.0 Å². The van der Waals surface area contributed by atoms with Gasteiger partial charge >= 0.3 is 6.09 Å². The van der Waals surface area contributed by atoms with Gasteiger partial charge in [-0.1, -0.05) is 38.1 Å². The molecule has 1 aliphatic rings. The zero-order chi connectivity index (χ0) is 12.4. The Balaban J connectivity index is 2.34. The summed E-state index contributed by atoms with van der Waals surface area (Å²) in [6, 6.07) is 9.45. The molecule has 0 spiro atoms. The maximum atomic E-state index is 11.9. The van der Waals surface area contributed by atoms with Crippen LogP contribution in [0.2, 0.25) is 0 Å². The Bertz CT molecular complexity index is 413. The third-order valence-electron chi connectivity index (χ3n) is 3.00. The summed E-state index contributed by atoms with van der Waals surface area (Å²) in [4.78, 5) is 13.6. The third-order valence-corrected chi connectivity index (χ3v) is 3.00. The van der Waals surface area contributed by atoms with Gasteiger partial charge in [-0.15, -0.1) is 6.58 Å². The van der Waals surface area contributed by atoms with E-state index in [4.69, 9.17) is 4.74 Å². The SMILES string of the molecule is C=C[C@@H]1[C@@H](C(C)C)OC(=O)N1c1ccccc1. The Kier molecular flexibility index (Phi) is 3.18. The minimum Gasteiger partial charge on any atom is -0.443 e. The van der Waals surface area contributed by atoms with Crippen LogP contribution in [0.5, 0.6) is 0 Å². The molecule has 3 nitrogen and oxygen atoms in total. The molecule has 1 fully saturated rings. The van der Waals surface area contributed by atoms with Crippen molar-refractivity contribution in [3.63, 3.8) is 0 Å². The number of rotatable bonds is 3. The first kappa shape index (κ1) is 11.7. The van der Waals surface area contributed by atoms with E-state index in [9.17, 15) is 4.79 Å². The lowest BCUT2D eigenvalue weighted by atomic mass is 9.99. The lowest BCUT2D eigenvalue weighted by Crippen LogP contribution is -2.36. The third kappa shape index (κ3) is 2.05. The number of nitrogens with zero attached hydrogens (tertiary/aromatic N) is 1. The molecule has 1 amide bonds. The number of benzene rings is 1. The summed E-state index contributed by atoms with van der Waals surface area (Å²) in [5, 5.41) is 0. The van der Waals surface area contributed by atoms with Crippen LogP contribution in [0.15, 0.2) is 43.0 Å². The van der Waals surface area contributed by atoms with E-state index in [1.54, 1.807) is 11.0 Å². The molecule has 3 heteroatoms. The van der Waals surface area contributed by atoms with Crippen LogP contribution in [-0.2, 0) is 4.74 Å². The van der Waals surface area contributed by atoms with Crippen LogP contribution in [-0.4, -0.2) is 18.2 Å². The maximum Gasteiger partial charge on any atom is 0.415 e. The summed E-state index contributed by atoms with van der Waals surface area (Å²) >= 11 is 0. The fraction of sp³-hybridized carbons (Fsp3) is 0.357. The minimum absolute atomic E-state index is 0.0927. The van der Waals surface area contributed by atoms with Crippen molar-refractivity contribution in [2.75, 3.05) is 4.90 Å². The normalized spacial score (nSPS) is 23.9. The molecule has 1 heterocycles. The number of ether oxygens (including phenoxy) is 1. The predicted octanol–water partition coefficient (Wildman–Crippen LogP) is 3.22. The molecule has 1 aliphatic heterocycles. The molecule has 1 saturated heterocycles. The molecule has 0 aliphatic carbocycles. The number of anilines is 1.